The molecule has 0 bridgehead atoms. The van der Waals surface area contributed by atoms with E-state index in [1.807, 2.05) is 4.68 Å². The zero-order valence-corrected chi connectivity index (χ0v) is 17.6. The fourth-order valence-corrected chi connectivity index (χ4v) is 5.41. The summed E-state index contributed by atoms with van der Waals surface area (Å²) in [5, 5.41) is 18.2. The fraction of sp³-hybridized carbons (Fsp3) is 0.381. The number of aromatic nitrogens is 2. The molecule has 3 aromatic rings. The summed E-state index contributed by atoms with van der Waals surface area (Å²) in [7, 11) is -3.69. The summed E-state index contributed by atoms with van der Waals surface area (Å²) < 4.78 is 48.2. The Hall–Kier alpha value is -2.53. The van der Waals surface area contributed by atoms with Crippen LogP contribution in [0.4, 0.5) is 15.9 Å². The van der Waals surface area contributed by atoms with Crippen molar-refractivity contribution in [2.24, 2.45) is 0 Å². The molecule has 31 heavy (non-hydrogen) atoms. The number of ether oxygens (including phenoxy) is 1. The number of fused-ring (bicyclic) bond motifs is 1. The molecule has 0 spiro atoms. The third-order valence-corrected chi connectivity index (χ3v) is 7.71. The minimum Gasteiger partial charge on any atom is -0.393 e. The quantitative estimate of drug-likeness (QED) is 0.626. The molecule has 2 aliphatic rings. The molecule has 2 aromatic carbocycles. The van der Waals surface area contributed by atoms with Gasteiger partial charge in [-0.25, -0.2) is 12.8 Å². The average Bonchev–Trinajstić information content (AvgIpc) is 3.06. The highest BCUT2D eigenvalue weighted by Crippen LogP contribution is 2.33. The summed E-state index contributed by atoms with van der Waals surface area (Å²) in [6.45, 7) is 1.67. The molecule has 164 valence electrons. The van der Waals surface area contributed by atoms with E-state index in [9.17, 15) is 17.9 Å². The Morgan fingerprint density at radius 1 is 1.10 bits per heavy atom. The lowest BCUT2D eigenvalue weighted by molar-refractivity contribution is -0.0265. The second kappa shape index (κ2) is 7.86. The lowest BCUT2D eigenvalue weighted by atomic mass is 10.1. The molecule has 0 radical (unpaired) electrons. The number of hydrogen-bond donors (Lipinski definition) is 2. The van der Waals surface area contributed by atoms with E-state index in [1.54, 1.807) is 30.3 Å². The molecule has 5 rings (SSSR count). The maximum Gasteiger partial charge on any atom is 0.243 e. The zero-order valence-electron chi connectivity index (χ0n) is 16.7. The van der Waals surface area contributed by atoms with E-state index in [0.29, 0.717) is 56.0 Å². The van der Waals surface area contributed by atoms with Crippen molar-refractivity contribution in [3.8, 4) is 0 Å². The van der Waals surface area contributed by atoms with Crippen LogP contribution in [0, 0.1) is 5.82 Å². The fourth-order valence-electron chi connectivity index (χ4n) is 3.92. The van der Waals surface area contributed by atoms with E-state index in [4.69, 9.17) is 4.74 Å². The van der Waals surface area contributed by atoms with Gasteiger partial charge in [-0.15, -0.1) is 0 Å². The van der Waals surface area contributed by atoms with E-state index >= 15 is 0 Å². The Labute approximate surface area is 179 Å². The Morgan fingerprint density at radius 3 is 2.45 bits per heavy atom. The maximum absolute atomic E-state index is 13.3. The van der Waals surface area contributed by atoms with Gasteiger partial charge in [-0.2, -0.15) is 9.40 Å². The first-order chi connectivity index (χ1) is 14.9. The SMILES string of the molecule is O=S(=O)(c1ccc2c(c1)c(Nc1ccc(F)cc1)nn2C1COC1)N1CCC(O)CC1. The molecule has 3 heterocycles. The molecule has 1 aromatic heterocycles. The van der Waals surface area contributed by atoms with Crippen molar-refractivity contribution < 1.29 is 22.7 Å². The first kappa shape index (κ1) is 20.4. The van der Waals surface area contributed by atoms with Crippen LogP contribution in [-0.2, 0) is 14.8 Å². The number of halogens is 1. The molecular weight excluding hydrogens is 423 g/mol. The lowest BCUT2D eigenvalue weighted by Crippen LogP contribution is -2.39. The summed E-state index contributed by atoms with van der Waals surface area (Å²) in [5.41, 5.74) is 1.45. The average molecular weight is 447 g/mol. The monoisotopic (exact) mass is 446 g/mol. The number of aliphatic hydroxyl groups excluding tert-OH is 1. The van der Waals surface area contributed by atoms with Gasteiger partial charge in [-0.05, 0) is 55.3 Å². The van der Waals surface area contributed by atoms with Crippen molar-refractivity contribution in [3.05, 3.63) is 48.3 Å². The predicted octanol–water partition coefficient (Wildman–Crippen LogP) is 2.64. The second-order valence-corrected chi connectivity index (χ2v) is 9.87. The number of nitrogens with zero attached hydrogens (tertiary/aromatic N) is 3. The van der Waals surface area contributed by atoms with Gasteiger partial charge in [0.05, 0.1) is 35.8 Å². The van der Waals surface area contributed by atoms with Gasteiger partial charge in [0, 0.05) is 24.2 Å². The number of anilines is 2. The molecule has 2 aliphatic heterocycles. The van der Waals surface area contributed by atoms with Gasteiger partial charge in [0.1, 0.15) is 5.82 Å². The van der Waals surface area contributed by atoms with Gasteiger partial charge in [-0.3, -0.25) is 4.68 Å². The Balaban J connectivity index is 1.55. The molecule has 0 unspecified atom stereocenters. The highest BCUT2D eigenvalue weighted by atomic mass is 32.2. The molecule has 8 nitrogen and oxygen atoms in total. The van der Waals surface area contributed by atoms with E-state index in [2.05, 4.69) is 10.4 Å². The summed E-state index contributed by atoms with van der Waals surface area (Å²) in [4.78, 5) is 0.183. The summed E-state index contributed by atoms with van der Waals surface area (Å²) in [6, 6.07) is 11.0. The van der Waals surface area contributed by atoms with Crippen LogP contribution < -0.4 is 5.32 Å². The third kappa shape index (κ3) is 3.80. The van der Waals surface area contributed by atoms with Gasteiger partial charge in [0.2, 0.25) is 10.0 Å². The normalized spacial score (nSPS) is 18.9. The van der Waals surface area contributed by atoms with Crippen molar-refractivity contribution >= 4 is 32.4 Å². The first-order valence-electron chi connectivity index (χ1n) is 10.2. The van der Waals surface area contributed by atoms with Crippen LogP contribution in [0.2, 0.25) is 0 Å². The molecule has 2 N–H and O–H groups in total. The first-order valence-corrected chi connectivity index (χ1v) is 11.7. The Bertz CT molecular complexity index is 1200. The number of benzene rings is 2. The summed E-state index contributed by atoms with van der Waals surface area (Å²) >= 11 is 0. The largest absolute Gasteiger partial charge is 0.393 e. The topological polar surface area (TPSA) is 96.7 Å². The smallest absolute Gasteiger partial charge is 0.243 e. The van der Waals surface area contributed by atoms with Crippen molar-refractivity contribution in [2.75, 3.05) is 31.6 Å². The number of piperidine rings is 1. The minimum atomic E-state index is -3.69. The van der Waals surface area contributed by atoms with Gasteiger partial charge >= 0.3 is 0 Å². The van der Waals surface area contributed by atoms with Crippen LogP contribution in [0.3, 0.4) is 0 Å². The predicted molar refractivity (Wildman–Crippen MR) is 113 cm³/mol. The van der Waals surface area contributed by atoms with Crippen LogP contribution in [0.15, 0.2) is 47.4 Å². The number of aliphatic hydroxyl groups is 1. The van der Waals surface area contributed by atoms with Gasteiger partial charge in [-0.1, -0.05) is 0 Å². The number of rotatable bonds is 5. The van der Waals surface area contributed by atoms with Gasteiger partial charge < -0.3 is 15.2 Å². The van der Waals surface area contributed by atoms with Crippen molar-refractivity contribution in [2.45, 2.75) is 29.9 Å². The molecule has 0 saturated carbocycles. The Morgan fingerprint density at radius 2 is 1.81 bits per heavy atom. The van der Waals surface area contributed by atoms with E-state index in [1.165, 1.54) is 16.4 Å². The molecule has 2 saturated heterocycles. The van der Waals surface area contributed by atoms with Gasteiger partial charge in [0.15, 0.2) is 5.82 Å². The summed E-state index contributed by atoms with van der Waals surface area (Å²) in [6.07, 6.45) is 0.403. The maximum atomic E-state index is 13.3. The minimum absolute atomic E-state index is 0.0808. The van der Waals surface area contributed by atoms with Crippen LogP contribution in [0.1, 0.15) is 18.9 Å². The van der Waals surface area contributed by atoms with Crippen molar-refractivity contribution in [1.29, 1.82) is 0 Å². The Kier molecular flexibility index (Phi) is 5.17. The standard InChI is InChI=1S/C21H23FN4O4S/c22-14-1-3-15(4-2-14)23-21-19-11-18(31(28,29)25-9-7-17(27)8-10-25)5-6-20(19)26(24-21)16-12-30-13-16/h1-6,11,16-17,27H,7-10,12-13H2,(H,23,24). The third-order valence-electron chi connectivity index (χ3n) is 5.81. The molecule has 0 aliphatic carbocycles. The molecule has 0 atom stereocenters. The second-order valence-electron chi connectivity index (χ2n) is 7.93. The van der Waals surface area contributed by atoms with Crippen LogP contribution in [-0.4, -0.2) is 60.0 Å². The molecule has 0 amide bonds. The van der Waals surface area contributed by atoms with Gasteiger partial charge in [0.25, 0.3) is 0 Å². The van der Waals surface area contributed by atoms with E-state index in [0.717, 1.165) is 5.52 Å². The van der Waals surface area contributed by atoms with E-state index < -0.39 is 16.1 Å². The number of sulfonamides is 1. The van der Waals surface area contributed by atoms with Crippen LogP contribution >= 0.6 is 0 Å². The molecule has 10 heteroatoms. The van der Waals surface area contributed by atoms with Crippen molar-refractivity contribution in [3.63, 3.8) is 0 Å². The molecule has 2 fully saturated rings. The molecular formula is C21H23FN4O4S. The van der Waals surface area contributed by atoms with Crippen LogP contribution in [0.5, 0.6) is 0 Å². The number of hydrogen-bond acceptors (Lipinski definition) is 6. The summed E-state index contributed by atoms with van der Waals surface area (Å²) in [5.74, 6) is 0.159. The zero-order chi connectivity index (χ0) is 21.6. The lowest BCUT2D eigenvalue weighted by Gasteiger charge is -2.29. The highest BCUT2D eigenvalue weighted by molar-refractivity contribution is 7.89. The highest BCUT2D eigenvalue weighted by Gasteiger charge is 2.30. The van der Waals surface area contributed by atoms with Crippen LogP contribution in [0.25, 0.3) is 10.9 Å². The van der Waals surface area contributed by atoms with Crippen molar-refractivity contribution in [1.82, 2.24) is 14.1 Å². The van der Waals surface area contributed by atoms with E-state index in [-0.39, 0.29) is 16.8 Å². The number of nitrogens with one attached hydrogen (secondary N) is 1.